The Morgan fingerprint density at radius 1 is 1.33 bits per heavy atom. The van der Waals surface area contributed by atoms with Crippen molar-refractivity contribution in [3.63, 3.8) is 0 Å². The molecule has 2 amide bonds. The van der Waals surface area contributed by atoms with Gasteiger partial charge in [-0.3, -0.25) is 9.59 Å². The molecule has 1 N–H and O–H groups in total. The zero-order chi connectivity index (χ0) is 17.7. The standard InChI is InChI=1S/C19H28N2O3/c1-5-21(14(4)22)12-15-8-6-7-9-17(15)20-19(23)18-16(13(2)3)10-11-24-18/h6-9,13,16,18H,5,10-12H2,1-4H3,(H,20,23)/t16-,18-/m1/s1. The molecule has 1 saturated heterocycles. The minimum atomic E-state index is -0.395. The number of rotatable bonds is 6. The van der Waals surface area contributed by atoms with Gasteiger partial charge in [0, 0.05) is 32.3 Å². The van der Waals surface area contributed by atoms with Crippen LogP contribution in [-0.2, 0) is 20.9 Å². The Hall–Kier alpha value is -1.88. The van der Waals surface area contributed by atoms with Gasteiger partial charge in [-0.15, -0.1) is 0 Å². The van der Waals surface area contributed by atoms with Gasteiger partial charge >= 0.3 is 0 Å². The van der Waals surface area contributed by atoms with E-state index < -0.39 is 6.10 Å². The Bertz CT molecular complexity index is 586. The summed E-state index contributed by atoms with van der Waals surface area (Å²) in [4.78, 5) is 26.1. The molecule has 1 aromatic rings. The normalized spacial score (nSPS) is 20.2. The maximum Gasteiger partial charge on any atom is 0.253 e. The molecule has 0 aliphatic carbocycles. The zero-order valence-electron chi connectivity index (χ0n) is 15.0. The van der Waals surface area contributed by atoms with Crippen molar-refractivity contribution in [3.8, 4) is 0 Å². The van der Waals surface area contributed by atoms with E-state index in [2.05, 4.69) is 19.2 Å². The number of anilines is 1. The first-order valence-corrected chi connectivity index (χ1v) is 8.69. The fraction of sp³-hybridized carbons (Fsp3) is 0.579. The molecule has 1 aliphatic heterocycles. The van der Waals surface area contributed by atoms with E-state index in [0.29, 0.717) is 25.6 Å². The smallest absolute Gasteiger partial charge is 0.253 e. The summed E-state index contributed by atoms with van der Waals surface area (Å²) in [6.45, 7) is 9.52. The molecule has 1 fully saturated rings. The number of amides is 2. The predicted octanol–water partition coefficient (Wildman–Crippen LogP) is 3.05. The summed E-state index contributed by atoms with van der Waals surface area (Å²) in [6.07, 6.45) is 0.527. The van der Waals surface area contributed by atoms with Gasteiger partial charge in [0.15, 0.2) is 0 Å². The third-order valence-corrected chi connectivity index (χ3v) is 4.72. The van der Waals surface area contributed by atoms with Crippen LogP contribution in [0.25, 0.3) is 0 Å². The lowest BCUT2D eigenvalue weighted by atomic mass is 9.89. The van der Waals surface area contributed by atoms with E-state index in [-0.39, 0.29) is 17.7 Å². The molecule has 0 radical (unpaired) electrons. The van der Waals surface area contributed by atoms with E-state index in [1.807, 2.05) is 31.2 Å². The number of benzene rings is 1. The number of hydrogen-bond donors (Lipinski definition) is 1. The molecule has 132 valence electrons. The number of hydrogen-bond acceptors (Lipinski definition) is 3. The monoisotopic (exact) mass is 332 g/mol. The molecule has 5 heteroatoms. The molecule has 1 heterocycles. The molecule has 5 nitrogen and oxygen atoms in total. The highest BCUT2D eigenvalue weighted by molar-refractivity contribution is 5.95. The fourth-order valence-corrected chi connectivity index (χ4v) is 3.19. The van der Waals surface area contributed by atoms with Gasteiger partial charge in [-0.2, -0.15) is 0 Å². The van der Waals surface area contributed by atoms with Crippen LogP contribution in [0, 0.1) is 11.8 Å². The van der Waals surface area contributed by atoms with E-state index in [9.17, 15) is 9.59 Å². The van der Waals surface area contributed by atoms with Gasteiger partial charge < -0.3 is 15.0 Å². The molecule has 0 spiro atoms. The van der Waals surface area contributed by atoms with Crippen LogP contribution < -0.4 is 5.32 Å². The van der Waals surface area contributed by atoms with E-state index in [4.69, 9.17) is 4.74 Å². The first kappa shape index (κ1) is 18.5. The maximum absolute atomic E-state index is 12.7. The van der Waals surface area contributed by atoms with Crippen molar-refractivity contribution in [2.45, 2.75) is 46.8 Å². The van der Waals surface area contributed by atoms with Crippen LogP contribution in [0.3, 0.4) is 0 Å². The number of nitrogens with one attached hydrogen (secondary N) is 1. The molecule has 0 bridgehead atoms. The number of para-hydroxylation sites is 1. The molecule has 24 heavy (non-hydrogen) atoms. The van der Waals surface area contributed by atoms with Crippen LogP contribution >= 0.6 is 0 Å². The minimum absolute atomic E-state index is 0.0256. The first-order chi connectivity index (χ1) is 11.4. The van der Waals surface area contributed by atoms with Gasteiger partial charge in [0.2, 0.25) is 5.91 Å². The van der Waals surface area contributed by atoms with Gasteiger partial charge in [-0.25, -0.2) is 0 Å². The van der Waals surface area contributed by atoms with Crippen molar-refractivity contribution < 1.29 is 14.3 Å². The highest BCUT2D eigenvalue weighted by atomic mass is 16.5. The zero-order valence-corrected chi connectivity index (χ0v) is 15.0. The van der Waals surface area contributed by atoms with Crippen molar-refractivity contribution in [1.82, 2.24) is 4.90 Å². The number of carbonyl (C=O) groups excluding carboxylic acids is 2. The van der Waals surface area contributed by atoms with Crippen molar-refractivity contribution >= 4 is 17.5 Å². The Kier molecular flexibility index (Phi) is 6.37. The molecule has 1 aromatic carbocycles. The number of carbonyl (C=O) groups is 2. The van der Waals surface area contributed by atoms with Crippen molar-refractivity contribution in [2.24, 2.45) is 11.8 Å². The summed E-state index contributed by atoms with van der Waals surface area (Å²) in [5, 5.41) is 3.00. The van der Waals surface area contributed by atoms with Crippen LogP contribution in [0.1, 0.15) is 39.7 Å². The average molecular weight is 332 g/mol. The maximum atomic E-state index is 12.7. The number of nitrogens with zero attached hydrogens (tertiary/aromatic N) is 1. The van der Waals surface area contributed by atoms with Crippen molar-refractivity contribution in [2.75, 3.05) is 18.5 Å². The third kappa shape index (κ3) is 4.35. The SMILES string of the molecule is CCN(Cc1ccccc1NC(=O)[C@@H]1OCC[C@@H]1C(C)C)C(C)=O. The van der Waals surface area contributed by atoms with Crippen molar-refractivity contribution in [1.29, 1.82) is 0 Å². The van der Waals surface area contributed by atoms with Crippen LogP contribution in [0.5, 0.6) is 0 Å². The third-order valence-electron chi connectivity index (χ3n) is 4.72. The second-order valence-corrected chi connectivity index (χ2v) is 6.67. The first-order valence-electron chi connectivity index (χ1n) is 8.69. The van der Waals surface area contributed by atoms with Crippen LogP contribution in [-0.4, -0.2) is 36.0 Å². The quantitative estimate of drug-likeness (QED) is 0.871. The summed E-state index contributed by atoms with van der Waals surface area (Å²) in [5.74, 6) is 0.593. The van der Waals surface area contributed by atoms with Crippen molar-refractivity contribution in [3.05, 3.63) is 29.8 Å². The molecule has 0 unspecified atom stereocenters. The average Bonchev–Trinajstić information content (AvgIpc) is 3.03. The Labute approximate surface area is 144 Å². The molecule has 1 aliphatic rings. The van der Waals surface area contributed by atoms with Gasteiger partial charge in [0.05, 0.1) is 0 Å². The Morgan fingerprint density at radius 2 is 2.04 bits per heavy atom. The lowest BCUT2D eigenvalue weighted by Crippen LogP contribution is -2.35. The van der Waals surface area contributed by atoms with Crippen LogP contribution in [0.15, 0.2) is 24.3 Å². The van der Waals surface area contributed by atoms with Crippen LogP contribution in [0.4, 0.5) is 5.69 Å². The summed E-state index contributed by atoms with van der Waals surface area (Å²) >= 11 is 0. The predicted molar refractivity (Wildman–Crippen MR) is 94.5 cm³/mol. The fourth-order valence-electron chi connectivity index (χ4n) is 3.19. The molecule has 2 rings (SSSR count). The van der Waals surface area contributed by atoms with Gasteiger partial charge in [0.25, 0.3) is 5.91 Å². The van der Waals surface area contributed by atoms with E-state index in [1.54, 1.807) is 11.8 Å². The Morgan fingerprint density at radius 3 is 2.67 bits per heavy atom. The molecule has 0 saturated carbocycles. The topological polar surface area (TPSA) is 58.6 Å². The number of ether oxygens (including phenoxy) is 1. The summed E-state index contributed by atoms with van der Waals surface area (Å²) in [6, 6.07) is 7.62. The van der Waals surface area contributed by atoms with Gasteiger partial charge in [-0.1, -0.05) is 32.0 Å². The molecular weight excluding hydrogens is 304 g/mol. The molecule has 0 aromatic heterocycles. The molecular formula is C19H28N2O3. The minimum Gasteiger partial charge on any atom is -0.368 e. The largest absolute Gasteiger partial charge is 0.368 e. The van der Waals surface area contributed by atoms with Gasteiger partial charge in [-0.05, 0) is 36.8 Å². The van der Waals surface area contributed by atoms with E-state index in [1.165, 1.54) is 0 Å². The lowest BCUT2D eigenvalue weighted by Gasteiger charge is -2.23. The highest BCUT2D eigenvalue weighted by Crippen LogP contribution is 2.29. The Balaban J connectivity index is 2.12. The highest BCUT2D eigenvalue weighted by Gasteiger charge is 2.36. The lowest BCUT2D eigenvalue weighted by molar-refractivity contribution is -0.129. The van der Waals surface area contributed by atoms with E-state index >= 15 is 0 Å². The second-order valence-electron chi connectivity index (χ2n) is 6.67. The van der Waals surface area contributed by atoms with E-state index in [0.717, 1.165) is 17.7 Å². The summed E-state index contributed by atoms with van der Waals surface area (Å²) in [7, 11) is 0. The van der Waals surface area contributed by atoms with Crippen LogP contribution in [0.2, 0.25) is 0 Å². The summed E-state index contributed by atoms with van der Waals surface area (Å²) < 4.78 is 5.66. The molecule has 2 atom stereocenters. The van der Waals surface area contributed by atoms with Gasteiger partial charge in [0.1, 0.15) is 6.10 Å². The second kappa shape index (κ2) is 8.29. The summed E-state index contributed by atoms with van der Waals surface area (Å²) in [5.41, 5.74) is 1.68.